The van der Waals surface area contributed by atoms with Gasteiger partial charge in [0, 0.05) is 5.54 Å². The maximum atomic E-state index is 12.0. The predicted molar refractivity (Wildman–Crippen MR) is 73.9 cm³/mol. The Morgan fingerprint density at radius 2 is 1.79 bits per heavy atom. The molecule has 1 aliphatic rings. The third-order valence-electron chi connectivity index (χ3n) is 4.13. The third-order valence-corrected chi connectivity index (χ3v) is 4.13. The van der Waals surface area contributed by atoms with Gasteiger partial charge in [-0.25, -0.2) is 4.79 Å². The number of carbonyl (C=O) groups excluding carboxylic acids is 1. The molecule has 19 heavy (non-hydrogen) atoms. The molecular formula is C14H24N2O3. The zero-order chi connectivity index (χ0) is 14.5. The highest BCUT2D eigenvalue weighted by molar-refractivity contribution is 5.77. The molecule has 0 heterocycles. The van der Waals surface area contributed by atoms with Crippen LogP contribution in [0.3, 0.4) is 0 Å². The molecule has 3 N–H and O–H groups in total. The van der Waals surface area contributed by atoms with Crippen molar-refractivity contribution in [1.29, 1.82) is 0 Å². The van der Waals surface area contributed by atoms with Crippen LogP contribution in [0.2, 0.25) is 0 Å². The van der Waals surface area contributed by atoms with Gasteiger partial charge in [0.25, 0.3) is 0 Å². The molecule has 5 nitrogen and oxygen atoms in total. The van der Waals surface area contributed by atoms with Gasteiger partial charge in [-0.15, -0.1) is 0 Å². The first kappa shape index (κ1) is 15.5. The average Bonchev–Trinajstić information content (AvgIpc) is 2.84. The summed E-state index contributed by atoms with van der Waals surface area (Å²) in [5.74, 6) is -1.33. The normalized spacial score (nSPS) is 22.3. The molecule has 0 aliphatic heterocycles. The van der Waals surface area contributed by atoms with Crippen molar-refractivity contribution >= 4 is 12.0 Å². The molecule has 5 heteroatoms. The minimum absolute atomic E-state index is 0.168. The zero-order valence-electron chi connectivity index (χ0n) is 11.9. The van der Waals surface area contributed by atoms with Crippen molar-refractivity contribution in [2.24, 2.45) is 5.92 Å². The van der Waals surface area contributed by atoms with Crippen LogP contribution >= 0.6 is 0 Å². The number of carboxylic acid groups (broad SMARTS) is 1. The second-order valence-electron chi connectivity index (χ2n) is 5.11. The van der Waals surface area contributed by atoms with E-state index in [0.717, 1.165) is 19.3 Å². The Hall–Kier alpha value is -1.52. The summed E-state index contributed by atoms with van der Waals surface area (Å²) in [7, 11) is 0. The molecule has 1 aliphatic carbocycles. The molecule has 0 radical (unpaired) electrons. The van der Waals surface area contributed by atoms with Crippen molar-refractivity contribution in [2.45, 2.75) is 58.0 Å². The fourth-order valence-electron chi connectivity index (χ4n) is 2.45. The van der Waals surface area contributed by atoms with Crippen LogP contribution in [-0.4, -0.2) is 28.7 Å². The van der Waals surface area contributed by atoms with E-state index < -0.39 is 11.9 Å². The Balaban J connectivity index is 2.49. The second-order valence-corrected chi connectivity index (χ2v) is 5.11. The van der Waals surface area contributed by atoms with Gasteiger partial charge in [0.1, 0.15) is 0 Å². The van der Waals surface area contributed by atoms with Crippen LogP contribution in [0.1, 0.15) is 46.5 Å². The Bertz CT molecular complexity index is 353. The van der Waals surface area contributed by atoms with Crippen molar-refractivity contribution < 1.29 is 14.7 Å². The summed E-state index contributed by atoms with van der Waals surface area (Å²) in [6.45, 7) is 6.18. The number of rotatable bonds is 6. The van der Waals surface area contributed by atoms with Gasteiger partial charge < -0.3 is 15.7 Å². The fourth-order valence-corrected chi connectivity index (χ4v) is 2.45. The van der Waals surface area contributed by atoms with Crippen LogP contribution in [0, 0.1) is 5.92 Å². The molecule has 1 rings (SSSR count). The van der Waals surface area contributed by atoms with E-state index in [9.17, 15) is 9.59 Å². The average molecular weight is 268 g/mol. The van der Waals surface area contributed by atoms with Crippen LogP contribution in [-0.2, 0) is 4.79 Å². The SMILES string of the molecule is CCC(CC)(CC)NC(=O)NC1C=CC(C(=O)O)C1. The third kappa shape index (κ3) is 3.98. The summed E-state index contributed by atoms with van der Waals surface area (Å²) in [6, 6.07) is -0.407. The smallest absolute Gasteiger partial charge is 0.315 e. The lowest BCUT2D eigenvalue weighted by atomic mass is 9.90. The highest BCUT2D eigenvalue weighted by Crippen LogP contribution is 2.20. The number of urea groups is 1. The Kier molecular flexibility index (Phi) is 5.39. The summed E-state index contributed by atoms with van der Waals surface area (Å²) in [5.41, 5.74) is -0.168. The van der Waals surface area contributed by atoms with E-state index in [0.29, 0.717) is 6.42 Å². The Labute approximate surface area is 114 Å². The quantitative estimate of drug-likeness (QED) is 0.647. The monoisotopic (exact) mass is 268 g/mol. The molecule has 108 valence electrons. The molecule has 2 atom stereocenters. The van der Waals surface area contributed by atoms with Crippen LogP contribution in [0.5, 0.6) is 0 Å². The number of carbonyl (C=O) groups is 2. The molecule has 0 bridgehead atoms. The highest BCUT2D eigenvalue weighted by Gasteiger charge is 2.29. The number of nitrogens with one attached hydrogen (secondary N) is 2. The summed E-state index contributed by atoms with van der Waals surface area (Å²) in [5, 5.41) is 14.7. The molecule has 0 aromatic rings. The number of carboxylic acids is 1. The van der Waals surface area contributed by atoms with Crippen LogP contribution in [0.15, 0.2) is 12.2 Å². The molecule has 0 saturated carbocycles. The van der Waals surface area contributed by atoms with Crippen LogP contribution in [0.4, 0.5) is 4.79 Å². The number of amides is 2. The first-order valence-electron chi connectivity index (χ1n) is 6.96. The maximum absolute atomic E-state index is 12.0. The lowest BCUT2D eigenvalue weighted by Gasteiger charge is -2.32. The van der Waals surface area contributed by atoms with Gasteiger partial charge in [0.15, 0.2) is 0 Å². The molecule has 0 aromatic carbocycles. The van der Waals surface area contributed by atoms with Crippen molar-refractivity contribution in [1.82, 2.24) is 10.6 Å². The summed E-state index contributed by atoms with van der Waals surface area (Å²) < 4.78 is 0. The minimum Gasteiger partial charge on any atom is -0.481 e. The van der Waals surface area contributed by atoms with Gasteiger partial charge in [-0.3, -0.25) is 4.79 Å². The second kappa shape index (κ2) is 6.59. The van der Waals surface area contributed by atoms with Gasteiger partial charge in [0.2, 0.25) is 0 Å². The van der Waals surface area contributed by atoms with E-state index in [1.807, 2.05) is 0 Å². The zero-order valence-corrected chi connectivity index (χ0v) is 11.9. The minimum atomic E-state index is -0.842. The summed E-state index contributed by atoms with van der Waals surface area (Å²) in [4.78, 5) is 22.8. The van der Waals surface area contributed by atoms with Crippen molar-refractivity contribution in [2.75, 3.05) is 0 Å². The Morgan fingerprint density at radius 1 is 1.21 bits per heavy atom. The summed E-state index contributed by atoms with van der Waals surface area (Å²) in [6.07, 6.45) is 6.47. The lowest BCUT2D eigenvalue weighted by Crippen LogP contribution is -2.52. The van der Waals surface area contributed by atoms with Crippen LogP contribution < -0.4 is 10.6 Å². The first-order valence-corrected chi connectivity index (χ1v) is 6.96. The molecule has 2 unspecified atom stereocenters. The molecule has 0 fully saturated rings. The van der Waals surface area contributed by atoms with Gasteiger partial charge in [0.05, 0.1) is 12.0 Å². The highest BCUT2D eigenvalue weighted by atomic mass is 16.4. The summed E-state index contributed by atoms with van der Waals surface area (Å²) >= 11 is 0. The number of hydrogen-bond donors (Lipinski definition) is 3. The van der Waals surface area contributed by atoms with Crippen LogP contribution in [0.25, 0.3) is 0 Å². The molecule has 0 spiro atoms. The van der Waals surface area contributed by atoms with Gasteiger partial charge in [-0.1, -0.05) is 32.9 Å². The number of hydrogen-bond acceptors (Lipinski definition) is 2. The first-order chi connectivity index (χ1) is 8.96. The molecule has 0 aromatic heterocycles. The van der Waals surface area contributed by atoms with E-state index in [1.165, 1.54) is 0 Å². The van der Waals surface area contributed by atoms with E-state index in [1.54, 1.807) is 12.2 Å². The topological polar surface area (TPSA) is 78.4 Å². The van der Waals surface area contributed by atoms with Crippen molar-refractivity contribution in [3.05, 3.63) is 12.2 Å². The largest absolute Gasteiger partial charge is 0.481 e. The molecular weight excluding hydrogens is 244 g/mol. The van der Waals surface area contributed by atoms with Gasteiger partial charge >= 0.3 is 12.0 Å². The molecule has 0 saturated heterocycles. The molecule has 2 amide bonds. The van der Waals surface area contributed by atoms with E-state index >= 15 is 0 Å². The van der Waals surface area contributed by atoms with E-state index in [-0.39, 0.29) is 17.6 Å². The van der Waals surface area contributed by atoms with Crippen molar-refractivity contribution in [3.63, 3.8) is 0 Å². The number of aliphatic carboxylic acids is 1. The lowest BCUT2D eigenvalue weighted by molar-refractivity contribution is -0.140. The standard InChI is InChI=1S/C14H24N2O3/c1-4-14(5-2,6-3)16-13(19)15-11-8-7-10(9-11)12(17)18/h7-8,10-11H,4-6,9H2,1-3H3,(H,17,18)(H2,15,16,19). The van der Waals surface area contributed by atoms with E-state index in [4.69, 9.17) is 5.11 Å². The predicted octanol–water partition coefficient (Wildman–Crippen LogP) is 2.28. The van der Waals surface area contributed by atoms with Gasteiger partial charge in [-0.2, -0.15) is 0 Å². The maximum Gasteiger partial charge on any atom is 0.315 e. The Morgan fingerprint density at radius 3 is 2.21 bits per heavy atom. The fraction of sp³-hybridized carbons (Fsp3) is 0.714. The van der Waals surface area contributed by atoms with Crippen molar-refractivity contribution in [3.8, 4) is 0 Å². The van der Waals surface area contributed by atoms with Gasteiger partial charge in [-0.05, 0) is 25.7 Å². The van der Waals surface area contributed by atoms with E-state index in [2.05, 4.69) is 31.4 Å².